The summed E-state index contributed by atoms with van der Waals surface area (Å²) < 4.78 is 0. The van der Waals surface area contributed by atoms with Gasteiger partial charge in [-0.05, 0) is 19.5 Å². The molecular formula is C8H21P. The van der Waals surface area contributed by atoms with Crippen molar-refractivity contribution < 1.29 is 0 Å². The summed E-state index contributed by atoms with van der Waals surface area (Å²) in [7, 11) is 0.402. The van der Waals surface area contributed by atoms with E-state index in [0.29, 0.717) is 7.92 Å². The van der Waals surface area contributed by atoms with E-state index in [1.807, 2.05) is 0 Å². The molecule has 0 unspecified atom stereocenters. The Labute approximate surface area is 61.8 Å². The molecule has 0 aliphatic rings. The van der Waals surface area contributed by atoms with Gasteiger partial charge in [-0.2, -0.15) is 0 Å². The first-order valence-electron chi connectivity index (χ1n) is 3.83. The molecule has 1 heteroatoms. The van der Waals surface area contributed by atoms with Crippen molar-refractivity contribution in [2.45, 2.75) is 33.6 Å². The number of rotatable bonds is 2. The van der Waals surface area contributed by atoms with Gasteiger partial charge in [0, 0.05) is 0 Å². The fraction of sp³-hybridized carbons (Fsp3) is 1.00. The van der Waals surface area contributed by atoms with E-state index in [2.05, 4.69) is 34.1 Å². The Morgan fingerprint density at radius 1 is 0.889 bits per heavy atom. The first kappa shape index (κ1) is 12.1. The summed E-state index contributed by atoms with van der Waals surface area (Å²) in [5.74, 6) is 0. The normalized spacial score (nSPS) is 8.67. The van der Waals surface area contributed by atoms with E-state index < -0.39 is 0 Å². The molecule has 0 aromatic carbocycles. The van der Waals surface area contributed by atoms with E-state index in [4.69, 9.17) is 0 Å². The maximum Gasteiger partial charge on any atom is -0.0359 e. The van der Waals surface area contributed by atoms with Gasteiger partial charge >= 0.3 is 0 Å². The minimum absolute atomic E-state index is 0.402. The van der Waals surface area contributed by atoms with Crippen molar-refractivity contribution in [3.8, 4) is 0 Å². The van der Waals surface area contributed by atoms with Crippen molar-refractivity contribution in [3.63, 3.8) is 0 Å². The lowest BCUT2D eigenvalue weighted by Crippen LogP contribution is -1.65. The molecular weight excluding hydrogens is 127 g/mol. The fourth-order valence-electron chi connectivity index (χ4n) is 0. The van der Waals surface area contributed by atoms with Gasteiger partial charge in [-0.15, -0.1) is 7.92 Å². The molecule has 0 aromatic rings. The van der Waals surface area contributed by atoms with Gasteiger partial charge in [-0.1, -0.05) is 33.6 Å². The second-order valence-corrected chi connectivity index (χ2v) is 5.19. The van der Waals surface area contributed by atoms with Crippen LogP contribution in [0.4, 0.5) is 0 Å². The van der Waals surface area contributed by atoms with Gasteiger partial charge in [0.1, 0.15) is 0 Å². The molecule has 0 bridgehead atoms. The van der Waals surface area contributed by atoms with Crippen LogP contribution in [0.15, 0.2) is 0 Å². The van der Waals surface area contributed by atoms with Crippen LogP contribution in [0.2, 0.25) is 0 Å². The van der Waals surface area contributed by atoms with Crippen molar-refractivity contribution in [2.75, 3.05) is 19.5 Å². The number of hydrogen-bond acceptors (Lipinski definition) is 0. The van der Waals surface area contributed by atoms with Gasteiger partial charge in [0.2, 0.25) is 0 Å². The molecule has 0 saturated heterocycles. The molecule has 0 radical (unpaired) electrons. The SMILES string of the molecule is CCCC.CCP(C)C. The maximum absolute atomic E-state index is 2.29. The lowest BCUT2D eigenvalue weighted by atomic mass is 10.4. The quantitative estimate of drug-likeness (QED) is 0.525. The van der Waals surface area contributed by atoms with Gasteiger partial charge < -0.3 is 0 Å². The first-order valence-corrected chi connectivity index (χ1v) is 6.25. The highest BCUT2D eigenvalue weighted by Crippen LogP contribution is 2.21. The van der Waals surface area contributed by atoms with E-state index in [-0.39, 0.29) is 0 Å². The molecule has 0 nitrogen and oxygen atoms in total. The second kappa shape index (κ2) is 11.3. The Bertz CT molecular complexity index is 31.5. The predicted molar refractivity (Wildman–Crippen MR) is 49.9 cm³/mol. The molecule has 0 rings (SSSR count). The highest BCUT2D eigenvalue weighted by atomic mass is 31.1. The molecule has 0 fully saturated rings. The lowest BCUT2D eigenvalue weighted by molar-refractivity contribution is 0.886. The van der Waals surface area contributed by atoms with Crippen molar-refractivity contribution in [2.24, 2.45) is 0 Å². The summed E-state index contributed by atoms with van der Waals surface area (Å²) in [4.78, 5) is 0. The van der Waals surface area contributed by atoms with Crippen LogP contribution >= 0.6 is 7.92 Å². The summed E-state index contributed by atoms with van der Waals surface area (Å²) in [5, 5.41) is 0. The maximum atomic E-state index is 2.29. The van der Waals surface area contributed by atoms with Gasteiger partial charge in [0.25, 0.3) is 0 Å². The summed E-state index contributed by atoms with van der Waals surface area (Å²) >= 11 is 0. The third-order valence-corrected chi connectivity index (χ3v) is 2.40. The summed E-state index contributed by atoms with van der Waals surface area (Å²) in [6.07, 6.45) is 4.01. The lowest BCUT2D eigenvalue weighted by Gasteiger charge is -1.92. The van der Waals surface area contributed by atoms with Crippen molar-refractivity contribution in [3.05, 3.63) is 0 Å². The molecule has 0 spiro atoms. The van der Waals surface area contributed by atoms with Crippen LogP contribution in [0.5, 0.6) is 0 Å². The van der Waals surface area contributed by atoms with Crippen molar-refractivity contribution >= 4 is 7.92 Å². The molecule has 9 heavy (non-hydrogen) atoms. The first-order chi connectivity index (χ1) is 4.18. The fourth-order valence-corrected chi connectivity index (χ4v) is 0. The van der Waals surface area contributed by atoms with Gasteiger partial charge in [0.05, 0.1) is 0 Å². The average molecular weight is 148 g/mol. The highest BCUT2D eigenvalue weighted by molar-refractivity contribution is 7.55. The smallest absolute Gasteiger partial charge is 0.0359 e. The molecule has 0 saturated carbocycles. The zero-order valence-electron chi connectivity index (χ0n) is 7.57. The Hall–Kier alpha value is 0.430. The Morgan fingerprint density at radius 3 is 1.11 bits per heavy atom. The van der Waals surface area contributed by atoms with Crippen LogP contribution in [-0.2, 0) is 0 Å². The number of hydrogen-bond donors (Lipinski definition) is 0. The van der Waals surface area contributed by atoms with Crippen LogP contribution in [-0.4, -0.2) is 19.5 Å². The molecule has 0 heterocycles. The summed E-state index contributed by atoms with van der Waals surface area (Å²) in [5.41, 5.74) is 0. The highest BCUT2D eigenvalue weighted by Gasteiger charge is 1.78. The van der Waals surface area contributed by atoms with Crippen LogP contribution < -0.4 is 0 Å². The minimum Gasteiger partial charge on any atom is -0.113 e. The third-order valence-electron chi connectivity index (χ3n) is 1.13. The van der Waals surface area contributed by atoms with Gasteiger partial charge in [-0.25, -0.2) is 0 Å². The van der Waals surface area contributed by atoms with E-state index in [1.54, 1.807) is 0 Å². The molecule has 0 aromatic heterocycles. The van der Waals surface area contributed by atoms with E-state index in [0.717, 1.165) is 0 Å². The van der Waals surface area contributed by atoms with Crippen LogP contribution in [0, 0.1) is 0 Å². The Kier molecular flexibility index (Phi) is 15.2. The van der Waals surface area contributed by atoms with Crippen LogP contribution in [0.1, 0.15) is 33.6 Å². The van der Waals surface area contributed by atoms with Crippen molar-refractivity contribution in [1.82, 2.24) is 0 Å². The third kappa shape index (κ3) is 29.6. The molecule has 0 N–H and O–H groups in total. The van der Waals surface area contributed by atoms with E-state index >= 15 is 0 Å². The molecule has 0 atom stereocenters. The second-order valence-electron chi connectivity index (χ2n) is 2.40. The monoisotopic (exact) mass is 148 g/mol. The number of unbranched alkanes of at least 4 members (excludes halogenated alkanes) is 1. The average Bonchev–Trinajstić information content (AvgIpc) is 1.89. The Morgan fingerprint density at radius 2 is 1.11 bits per heavy atom. The standard InChI is InChI=1S/C4H11P.C4H10/c1-4-5(2)3;1-3-4-2/h4H2,1-3H3;3-4H2,1-2H3. The molecule has 0 aliphatic heterocycles. The van der Waals surface area contributed by atoms with Crippen LogP contribution in [0.3, 0.4) is 0 Å². The van der Waals surface area contributed by atoms with Gasteiger partial charge in [-0.3, -0.25) is 0 Å². The molecule has 58 valence electrons. The van der Waals surface area contributed by atoms with Crippen molar-refractivity contribution in [1.29, 1.82) is 0 Å². The van der Waals surface area contributed by atoms with Gasteiger partial charge in [0.15, 0.2) is 0 Å². The zero-order valence-corrected chi connectivity index (χ0v) is 8.46. The topological polar surface area (TPSA) is 0 Å². The summed E-state index contributed by atoms with van der Waals surface area (Å²) in [6, 6.07) is 0. The Balaban J connectivity index is 0. The zero-order chi connectivity index (χ0) is 7.70. The largest absolute Gasteiger partial charge is 0.113 e. The van der Waals surface area contributed by atoms with E-state index in [9.17, 15) is 0 Å². The molecule has 0 aliphatic carbocycles. The molecule has 0 amide bonds. The predicted octanol–water partition coefficient (Wildman–Crippen LogP) is 3.55. The van der Waals surface area contributed by atoms with E-state index in [1.165, 1.54) is 19.0 Å². The minimum atomic E-state index is 0.402. The van der Waals surface area contributed by atoms with Crippen LogP contribution in [0.25, 0.3) is 0 Å². The summed E-state index contributed by atoms with van der Waals surface area (Å²) in [6.45, 7) is 11.2.